The fourth-order valence-corrected chi connectivity index (χ4v) is 3.68. The monoisotopic (exact) mass is 359 g/mol. The zero-order valence-electron chi connectivity index (χ0n) is 14.9. The molecule has 0 unspecified atom stereocenters. The molecule has 5 heteroatoms. The van der Waals surface area contributed by atoms with Crippen molar-refractivity contribution in [2.45, 2.75) is 19.5 Å². The van der Waals surface area contributed by atoms with Gasteiger partial charge in [-0.1, -0.05) is 60.7 Å². The summed E-state index contributed by atoms with van der Waals surface area (Å²) >= 11 is 0. The zero-order chi connectivity index (χ0) is 18.6. The summed E-state index contributed by atoms with van der Waals surface area (Å²) in [6, 6.07) is 20.3. The van der Waals surface area contributed by atoms with E-state index < -0.39 is 6.09 Å². The molecule has 2 aromatic carbocycles. The van der Waals surface area contributed by atoms with Crippen molar-refractivity contribution in [1.29, 1.82) is 0 Å². The summed E-state index contributed by atoms with van der Waals surface area (Å²) in [7, 11) is 0. The second kappa shape index (κ2) is 7.60. The molecule has 5 nitrogen and oxygen atoms in total. The lowest BCUT2D eigenvalue weighted by Crippen LogP contribution is -2.31. The van der Waals surface area contributed by atoms with Crippen LogP contribution in [0.5, 0.6) is 0 Å². The number of hydrogen-bond donors (Lipinski definition) is 2. The van der Waals surface area contributed by atoms with Crippen LogP contribution in [-0.4, -0.2) is 27.6 Å². The molecule has 0 saturated heterocycles. The van der Waals surface area contributed by atoms with Gasteiger partial charge in [-0.15, -0.1) is 0 Å². The van der Waals surface area contributed by atoms with E-state index in [1.165, 1.54) is 5.56 Å². The molecule has 1 aliphatic rings. The van der Waals surface area contributed by atoms with Crippen LogP contribution < -0.4 is 5.32 Å². The number of fused-ring (bicyclic) bond motifs is 1. The topological polar surface area (TPSA) is 65.5 Å². The highest BCUT2D eigenvalue weighted by molar-refractivity contribution is 5.91. The second-order valence-electron chi connectivity index (χ2n) is 6.71. The summed E-state index contributed by atoms with van der Waals surface area (Å²) < 4.78 is 0. The van der Waals surface area contributed by atoms with Crippen LogP contribution in [0.3, 0.4) is 0 Å². The molecular weight excluding hydrogens is 338 g/mol. The van der Waals surface area contributed by atoms with E-state index in [0.717, 1.165) is 48.4 Å². The minimum Gasteiger partial charge on any atom is -0.465 e. The molecule has 1 aromatic heterocycles. The van der Waals surface area contributed by atoms with Gasteiger partial charge in [-0.25, -0.2) is 4.79 Å². The normalized spacial score (nSPS) is 13.8. The highest BCUT2D eigenvalue weighted by atomic mass is 16.4. The van der Waals surface area contributed by atoms with Crippen LogP contribution in [0, 0.1) is 0 Å². The van der Waals surface area contributed by atoms with Crippen molar-refractivity contribution in [2.75, 3.05) is 11.9 Å². The largest absolute Gasteiger partial charge is 0.465 e. The van der Waals surface area contributed by atoms with Gasteiger partial charge in [0.1, 0.15) is 0 Å². The van der Waals surface area contributed by atoms with E-state index in [1.807, 2.05) is 36.4 Å². The third-order valence-electron chi connectivity index (χ3n) is 4.87. The van der Waals surface area contributed by atoms with E-state index in [1.54, 1.807) is 6.20 Å². The molecule has 2 N–H and O–H groups in total. The van der Waals surface area contributed by atoms with Gasteiger partial charge in [0.2, 0.25) is 0 Å². The second-order valence-corrected chi connectivity index (χ2v) is 6.71. The first kappa shape index (κ1) is 17.2. The third-order valence-corrected chi connectivity index (χ3v) is 4.87. The number of nitrogens with zero attached hydrogens (tertiary/aromatic N) is 2. The smallest absolute Gasteiger partial charge is 0.409 e. The molecule has 2 heterocycles. The number of rotatable bonds is 4. The van der Waals surface area contributed by atoms with E-state index >= 15 is 0 Å². The van der Waals surface area contributed by atoms with Crippen LogP contribution in [0.25, 0.3) is 11.1 Å². The Hall–Kier alpha value is -3.18. The van der Waals surface area contributed by atoms with E-state index in [0.29, 0.717) is 5.69 Å². The number of carboxylic acid groups (broad SMARTS) is 1. The van der Waals surface area contributed by atoms with Crippen molar-refractivity contribution < 1.29 is 9.90 Å². The van der Waals surface area contributed by atoms with Crippen LogP contribution in [0.15, 0.2) is 66.9 Å². The summed E-state index contributed by atoms with van der Waals surface area (Å²) in [4.78, 5) is 18.2. The number of anilines is 1. The average Bonchev–Trinajstić information content (AvgIpc) is 2.69. The van der Waals surface area contributed by atoms with E-state index in [-0.39, 0.29) is 0 Å². The molecule has 3 aromatic rings. The Balaban J connectivity index is 1.68. The summed E-state index contributed by atoms with van der Waals surface area (Å²) in [6.45, 7) is 2.56. The SMILES string of the molecule is O=C(O)Nc1cnc2c(c1-c1ccccc1)CCN(Cc1ccccc1)C2. The lowest BCUT2D eigenvalue weighted by Gasteiger charge is -2.30. The zero-order valence-corrected chi connectivity index (χ0v) is 14.9. The molecule has 0 atom stereocenters. The highest BCUT2D eigenvalue weighted by Gasteiger charge is 2.23. The van der Waals surface area contributed by atoms with E-state index in [9.17, 15) is 9.90 Å². The Bertz CT molecular complexity index is 943. The first-order valence-electron chi connectivity index (χ1n) is 9.03. The van der Waals surface area contributed by atoms with Gasteiger partial charge in [0, 0.05) is 25.2 Å². The van der Waals surface area contributed by atoms with Gasteiger partial charge in [-0.05, 0) is 23.1 Å². The molecule has 27 heavy (non-hydrogen) atoms. The predicted octanol–water partition coefficient (Wildman–Crippen LogP) is 4.40. The average molecular weight is 359 g/mol. The molecule has 0 spiro atoms. The lowest BCUT2D eigenvalue weighted by molar-refractivity contribution is 0.209. The number of aromatic nitrogens is 1. The van der Waals surface area contributed by atoms with Crippen molar-refractivity contribution in [3.8, 4) is 11.1 Å². The van der Waals surface area contributed by atoms with Crippen LogP contribution in [0.1, 0.15) is 16.8 Å². The predicted molar refractivity (Wildman–Crippen MR) is 106 cm³/mol. The van der Waals surface area contributed by atoms with Crippen LogP contribution in [0.2, 0.25) is 0 Å². The van der Waals surface area contributed by atoms with E-state index in [4.69, 9.17) is 0 Å². The molecule has 4 rings (SSSR count). The van der Waals surface area contributed by atoms with Crippen LogP contribution in [-0.2, 0) is 19.5 Å². The summed E-state index contributed by atoms with van der Waals surface area (Å²) in [5.41, 5.74) is 5.94. The number of hydrogen-bond acceptors (Lipinski definition) is 3. The molecular formula is C22H21N3O2. The maximum Gasteiger partial charge on any atom is 0.409 e. The Morgan fingerprint density at radius 3 is 2.48 bits per heavy atom. The van der Waals surface area contributed by atoms with Crippen molar-refractivity contribution in [3.63, 3.8) is 0 Å². The number of pyridine rings is 1. The quantitative estimate of drug-likeness (QED) is 0.725. The number of nitrogens with one attached hydrogen (secondary N) is 1. The maximum atomic E-state index is 11.2. The standard InChI is InChI=1S/C22H21N3O2/c26-22(27)24-19-13-23-20-15-25(14-16-7-3-1-4-8-16)12-11-18(20)21(19)17-9-5-2-6-10-17/h1-10,13,24H,11-12,14-15H2,(H,26,27). The Labute approximate surface area is 158 Å². The highest BCUT2D eigenvalue weighted by Crippen LogP contribution is 2.35. The fourth-order valence-electron chi connectivity index (χ4n) is 3.68. The van der Waals surface area contributed by atoms with Gasteiger partial charge in [-0.3, -0.25) is 15.2 Å². The molecule has 0 aliphatic carbocycles. The van der Waals surface area contributed by atoms with Gasteiger partial charge < -0.3 is 5.11 Å². The minimum absolute atomic E-state index is 0.545. The molecule has 0 bridgehead atoms. The van der Waals surface area contributed by atoms with Crippen LogP contribution in [0.4, 0.5) is 10.5 Å². The molecule has 1 aliphatic heterocycles. The number of carbonyl (C=O) groups is 1. The minimum atomic E-state index is -1.07. The summed E-state index contributed by atoms with van der Waals surface area (Å²) in [6.07, 6.45) is 1.41. The molecule has 0 fully saturated rings. The fraction of sp³-hybridized carbons (Fsp3) is 0.182. The van der Waals surface area contributed by atoms with Crippen molar-refractivity contribution in [3.05, 3.63) is 83.7 Å². The Kier molecular flexibility index (Phi) is 4.85. The van der Waals surface area contributed by atoms with E-state index in [2.05, 4.69) is 39.5 Å². The molecule has 136 valence electrons. The van der Waals surface area contributed by atoms with Gasteiger partial charge in [0.05, 0.1) is 17.6 Å². The Morgan fingerprint density at radius 1 is 1.07 bits per heavy atom. The van der Waals surface area contributed by atoms with Crippen molar-refractivity contribution in [2.24, 2.45) is 0 Å². The molecule has 1 amide bonds. The lowest BCUT2D eigenvalue weighted by atomic mass is 9.92. The first-order chi connectivity index (χ1) is 13.2. The first-order valence-corrected chi connectivity index (χ1v) is 9.03. The maximum absolute atomic E-state index is 11.2. The molecule has 0 saturated carbocycles. The van der Waals surface area contributed by atoms with Crippen molar-refractivity contribution in [1.82, 2.24) is 9.88 Å². The van der Waals surface area contributed by atoms with Gasteiger partial charge in [0.15, 0.2) is 0 Å². The number of benzene rings is 2. The Morgan fingerprint density at radius 2 is 1.78 bits per heavy atom. The van der Waals surface area contributed by atoms with Crippen molar-refractivity contribution >= 4 is 11.8 Å². The van der Waals surface area contributed by atoms with Gasteiger partial charge >= 0.3 is 6.09 Å². The summed E-state index contributed by atoms with van der Waals surface area (Å²) in [5.74, 6) is 0. The van der Waals surface area contributed by atoms with Crippen LogP contribution >= 0.6 is 0 Å². The van der Waals surface area contributed by atoms with Gasteiger partial charge in [-0.2, -0.15) is 0 Å². The number of amides is 1. The van der Waals surface area contributed by atoms with Gasteiger partial charge in [0.25, 0.3) is 0 Å². The molecule has 0 radical (unpaired) electrons. The third kappa shape index (κ3) is 3.83. The summed E-state index contributed by atoms with van der Waals surface area (Å²) in [5, 5.41) is 11.7.